The fourth-order valence-corrected chi connectivity index (χ4v) is 2.26. The largest absolute Gasteiger partial charge is 0.393 e. The van der Waals surface area contributed by atoms with Crippen LogP contribution in [0.15, 0.2) is 30.3 Å². The fraction of sp³-hybridized carbons (Fsp3) is 0.467. The van der Waals surface area contributed by atoms with Crippen LogP contribution >= 0.6 is 12.2 Å². The molecule has 0 saturated heterocycles. The maximum absolute atomic E-state index is 12.5. The van der Waals surface area contributed by atoms with E-state index >= 15 is 0 Å². The van der Waals surface area contributed by atoms with Crippen LogP contribution in [0, 0.1) is 5.92 Å². The Morgan fingerprint density at radius 2 is 1.95 bits per heavy atom. The van der Waals surface area contributed by atoms with E-state index in [1.165, 1.54) is 0 Å². The van der Waals surface area contributed by atoms with E-state index in [0.29, 0.717) is 18.1 Å². The zero-order chi connectivity index (χ0) is 14.3. The molecule has 0 aromatic heterocycles. The van der Waals surface area contributed by atoms with Gasteiger partial charge in [-0.25, -0.2) is 0 Å². The number of rotatable bonds is 7. The first kappa shape index (κ1) is 15.6. The van der Waals surface area contributed by atoms with Gasteiger partial charge in [-0.3, -0.25) is 4.79 Å². The summed E-state index contributed by atoms with van der Waals surface area (Å²) in [5.74, 6) is -0.288. The molecule has 0 saturated carbocycles. The second-order valence-corrected chi connectivity index (χ2v) is 5.05. The highest BCUT2D eigenvalue weighted by Gasteiger charge is 2.25. The van der Waals surface area contributed by atoms with E-state index in [2.05, 4.69) is 0 Å². The standard InChI is InChI=1S/C15H22N2OS/c1-3-8-13(14(16)19)15(18)17(4-2)11-12-9-6-5-7-10-12/h5-7,9-10,13H,3-4,8,11H2,1-2H3,(H2,16,19). The van der Waals surface area contributed by atoms with E-state index in [0.717, 1.165) is 18.4 Å². The second kappa shape index (κ2) is 7.89. The van der Waals surface area contributed by atoms with Crippen molar-refractivity contribution in [3.8, 4) is 0 Å². The SMILES string of the molecule is CCCC(C(=O)N(CC)Cc1ccccc1)C(N)=S. The summed E-state index contributed by atoms with van der Waals surface area (Å²) in [6, 6.07) is 9.96. The minimum Gasteiger partial charge on any atom is -0.393 e. The summed E-state index contributed by atoms with van der Waals surface area (Å²) in [5.41, 5.74) is 6.81. The second-order valence-electron chi connectivity index (χ2n) is 4.58. The molecule has 1 aromatic carbocycles. The van der Waals surface area contributed by atoms with Gasteiger partial charge >= 0.3 is 0 Å². The van der Waals surface area contributed by atoms with E-state index in [1.54, 1.807) is 0 Å². The maximum Gasteiger partial charge on any atom is 0.232 e. The molecule has 0 spiro atoms. The van der Waals surface area contributed by atoms with Crippen LogP contribution in [0.25, 0.3) is 0 Å². The van der Waals surface area contributed by atoms with Crippen molar-refractivity contribution in [1.29, 1.82) is 0 Å². The first-order chi connectivity index (χ1) is 9.10. The molecule has 1 unspecified atom stereocenters. The highest BCUT2D eigenvalue weighted by Crippen LogP contribution is 2.14. The molecular weight excluding hydrogens is 256 g/mol. The smallest absolute Gasteiger partial charge is 0.232 e. The van der Waals surface area contributed by atoms with Crippen molar-refractivity contribution in [2.24, 2.45) is 11.7 Å². The lowest BCUT2D eigenvalue weighted by atomic mass is 10.0. The average Bonchev–Trinajstić information content (AvgIpc) is 2.42. The minimum atomic E-state index is -0.330. The monoisotopic (exact) mass is 278 g/mol. The zero-order valence-electron chi connectivity index (χ0n) is 11.6. The number of hydrogen-bond donors (Lipinski definition) is 1. The molecule has 0 heterocycles. The highest BCUT2D eigenvalue weighted by molar-refractivity contribution is 7.80. The van der Waals surface area contributed by atoms with Gasteiger partial charge in [0.25, 0.3) is 0 Å². The number of benzene rings is 1. The van der Waals surface area contributed by atoms with Crippen LogP contribution in [0.4, 0.5) is 0 Å². The van der Waals surface area contributed by atoms with Gasteiger partial charge in [0.05, 0.1) is 10.9 Å². The summed E-state index contributed by atoms with van der Waals surface area (Å²) < 4.78 is 0. The van der Waals surface area contributed by atoms with Crippen LogP contribution in [-0.2, 0) is 11.3 Å². The Hall–Kier alpha value is -1.42. The number of carbonyl (C=O) groups excluding carboxylic acids is 1. The number of hydrogen-bond acceptors (Lipinski definition) is 2. The van der Waals surface area contributed by atoms with Gasteiger partial charge < -0.3 is 10.6 Å². The number of amides is 1. The van der Waals surface area contributed by atoms with Crippen molar-refractivity contribution >= 4 is 23.1 Å². The molecule has 0 aliphatic rings. The number of carbonyl (C=O) groups is 1. The van der Waals surface area contributed by atoms with Crippen LogP contribution in [0.3, 0.4) is 0 Å². The van der Waals surface area contributed by atoms with Gasteiger partial charge in [0.2, 0.25) is 5.91 Å². The molecule has 1 amide bonds. The molecule has 104 valence electrons. The van der Waals surface area contributed by atoms with E-state index < -0.39 is 0 Å². The predicted molar refractivity (Wildman–Crippen MR) is 82.7 cm³/mol. The summed E-state index contributed by atoms with van der Waals surface area (Å²) in [5, 5.41) is 0. The first-order valence-electron chi connectivity index (χ1n) is 6.72. The lowest BCUT2D eigenvalue weighted by Crippen LogP contribution is -2.40. The first-order valence-corrected chi connectivity index (χ1v) is 7.13. The topological polar surface area (TPSA) is 46.3 Å². The molecule has 1 atom stereocenters. The predicted octanol–water partition coefficient (Wildman–Crippen LogP) is 2.74. The van der Waals surface area contributed by atoms with Gasteiger partial charge in [-0.15, -0.1) is 0 Å². The van der Waals surface area contributed by atoms with Crippen LogP contribution in [-0.4, -0.2) is 22.3 Å². The summed E-state index contributed by atoms with van der Waals surface area (Å²) >= 11 is 5.02. The van der Waals surface area contributed by atoms with Gasteiger partial charge in [0.1, 0.15) is 0 Å². The van der Waals surface area contributed by atoms with E-state index in [4.69, 9.17) is 18.0 Å². The Labute approximate surface area is 120 Å². The molecule has 0 bridgehead atoms. The van der Waals surface area contributed by atoms with Crippen molar-refractivity contribution < 1.29 is 4.79 Å². The molecular formula is C15H22N2OS. The lowest BCUT2D eigenvalue weighted by Gasteiger charge is -2.25. The van der Waals surface area contributed by atoms with Crippen molar-refractivity contribution in [1.82, 2.24) is 4.90 Å². The normalized spacial score (nSPS) is 11.9. The van der Waals surface area contributed by atoms with Crippen molar-refractivity contribution in [2.75, 3.05) is 6.54 Å². The summed E-state index contributed by atoms with van der Waals surface area (Å²) in [6.07, 6.45) is 1.62. The summed E-state index contributed by atoms with van der Waals surface area (Å²) in [6.45, 7) is 5.28. The molecule has 0 fully saturated rings. The molecule has 2 N–H and O–H groups in total. The van der Waals surface area contributed by atoms with E-state index in [1.807, 2.05) is 49.1 Å². The maximum atomic E-state index is 12.5. The van der Waals surface area contributed by atoms with E-state index in [9.17, 15) is 4.79 Å². The van der Waals surface area contributed by atoms with Gasteiger partial charge in [0, 0.05) is 13.1 Å². The van der Waals surface area contributed by atoms with Crippen molar-refractivity contribution in [2.45, 2.75) is 33.2 Å². The Morgan fingerprint density at radius 3 is 2.42 bits per heavy atom. The van der Waals surface area contributed by atoms with Crippen LogP contribution < -0.4 is 5.73 Å². The molecule has 0 aliphatic carbocycles. The summed E-state index contributed by atoms with van der Waals surface area (Å²) in [7, 11) is 0. The quantitative estimate of drug-likeness (QED) is 0.780. The molecule has 1 aromatic rings. The molecule has 1 rings (SSSR count). The molecule has 0 radical (unpaired) electrons. The Bertz CT molecular complexity index is 419. The number of nitrogens with two attached hydrogens (primary N) is 1. The minimum absolute atomic E-state index is 0.0423. The van der Waals surface area contributed by atoms with E-state index in [-0.39, 0.29) is 11.8 Å². The Morgan fingerprint density at radius 1 is 1.32 bits per heavy atom. The van der Waals surface area contributed by atoms with Gasteiger partial charge in [-0.1, -0.05) is 55.9 Å². The number of thiocarbonyl (C=S) groups is 1. The lowest BCUT2D eigenvalue weighted by molar-refractivity contribution is -0.133. The van der Waals surface area contributed by atoms with Gasteiger partial charge in [0.15, 0.2) is 0 Å². The third-order valence-corrected chi connectivity index (χ3v) is 3.41. The van der Waals surface area contributed by atoms with Gasteiger partial charge in [-0.05, 0) is 18.9 Å². The summed E-state index contributed by atoms with van der Waals surface area (Å²) in [4.78, 5) is 14.6. The Balaban J connectivity index is 2.78. The van der Waals surface area contributed by atoms with Crippen molar-refractivity contribution in [3.05, 3.63) is 35.9 Å². The molecule has 4 heteroatoms. The average molecular weight is 278 g/mol. The Kier molecular flexibility index (Phi) is 6.50. The highest BCUT2D eigenvalue weighted by atomic mass is 32.1. The third kappa shape index (κ3) is 4.63. The molecule has 3 nitrogen and oxygen atoms in total. The van der Waals surface area contributed by atoms with Crippen molar-refractivity contribution in [3.63, 3.8) is 0 Å². The van der Waals surface area contributed by atoms with Crippen LogP contribution in [0.1, 0.15) is 32.3 Å². The fourth-order valence-electron chi connectivity index (χ4n) is 2.05. The third-order valence-electron chi connectivity index (χ3n) is 3.13. The molecule has 19 heavy (non-hydrogen) atoms. The molecule has 0 aliphatic heterocycles. The zero-order valence-corrected chi connectivity index (χ0v) is 12.5. The van der Waals surface area contributed by atoms with Crippen LogP contribution in [0.2, 0.25) is 0 Å². The number of nitrogens with zero attached hydrogens (tertiary/aromatic N) is 1. The van der Waals surface area contributed by atoms with Gasteiger partial charge in [-0.2, -0.15) is 0 Å². The van der Waals surface area contributed by atoms with Crippen LogP contribution in [0.5, 0.6) is 0 Å².